The van der Waals surface area contributed by atoms with Crippen molar-refractivity contribution in [3.63, 3.8) is 0 Å². The lowest BCUT2D eigenvalue weighted by atomic mass is 9.77. The Hall–Kier alpha value is -1.13. The number of carbonyl (C=O) groups is 2. The summed E-state index contributed by atoms with van der Waals surface area (Å²) in [4.78, 5) is 26.4. The number of halogens is 1. The molecule has 0 bridgehead atoms. The first-order chi connectivity index (χ1) is 9.00. The minimum Gasteiger partial charge on any atom is -0.464 e. The largest absolute Gasteiger partial charge is 0.464 e. The van der Waals surface area contributed by atoms with E-state index < -0.39 is 17.1 Å². The maximum absolute atomic E-state index is 13.7. The summed E-state index contributed by atoms with van der Waals surface area (Å²) < 4.78 is 19.0. The van der Waals surface area contributed by atoms with Gasteiger partial charge in [0.15, 0.2) is 0 Å². The van der Waals surface area contributed by atoms with E-state index in [1.165, 1.54) is 0 Å². The molecule has 3 atom stereocenters. The summed E-state index contributed by atoms with van der Waals surface area (Å²) >= 11 is 0. The molecule has 4 aliphatic rings. The van der Waals surface area contributed by atoms with Gasteiger partial charge in [0.2, 0.25) is 5.91 Å². The molecule has 104 valence electrons. The summed E-state index contributed by atoms with van der Waals surface area (Å²) in [5.74, 6) is -0.282. The number of nitrogens with zero attached hydrogens (tertiary/aromatic N) is 1. The quantitative estimate of drug-likeness (QED) is 0.711. The molecule has 0 aromatic rings. The minimum absolute atomic E-state index is 0.0153. The van der Waals surface area contributed by atoms with Gasteiger partial charge in [-0.15, -0.1) is 0 Å². The third-order valence-corrected chi connectivity index (χ3v) is 5.77. The number of fused-ring (bicyclic) bond motifs is 2. The average molecular weight is 267 g/mol. The molecule has 0 N–H and O–H groups in total. The van der Waals surface area contributed by atoms with Crippen LogP contribution in [-0.4, -0.2) is 41.6 Å². The summed E-state index contributed by atoms with van der Waals surface area (Å²) in [7, 11) is 0. The Labute approximate surface area is 111 Å². The van der Waals surface area contributed by atoms with Crippen molar-refractivity contribution in [2.45, 2.75) is 50.7 Å². The van der Waals surface area contributed by atoms with Crippen LogP contribution < -0.4 is 0 Å². The van der Waals surface area contributed by atoms with E-state index in [2.05, 4.69) is 0 Å². The van der Waals surface area contributed by atoms with Gasteiger partial charge >= 0.3 is 5.97 Å². The Morgan fingerprint density at radius 3 is 2.74 bits per heavy atom. The third-order valence-electron chi connectivity index (χ3n) is 5.77. The van der Waals surface area contributed by atoms with Crippen LogP contribution in [0.15, 0.2) is 0 Å². The van der Waals surface area contributed by atoms with Crippen LogP contribution in [0, 0.1) is 10.8 Å². The number of rotatable bonds is 2. The fourth-order valence-electron chi connectivity index (χ4n) is 4.45. The van der Waals surface area contributed by atoms with E-state index >= 15 is 0 Å². The normalized spacial score (nSPS) is 44.8. The standard InChI is InChI=1S/C14H18FNO3/c1-2-19-11(18)14-7-12(5-9(12)15)8-16(14)10(17)6-13(14)3-4-13/h9H,2-8H2,1H3/t9-,12+,14+/m1/s1. The summed E-state index contributed by atoms with van der Waals surface area (Å²) in [5, 5.41) is 0. The van der Waals surface area contributed by atoms with E-state index in [4.69, 9.17) is 4.74 Å². The lowest BCUT2D eigenvalue weighted by Crippen LogP contribution is -2.53. The molecule has 2 saturated carbocycles. The fraction of sp³-hybridized carbons (Fsp3) is 0.857. The SMILES string of the molecule is CCOC(=O)[C@]12C[C@@]3(C[C@H]3F)CN1C(=O)CC21CC1. The minimum atomic E-state index is -0.854. The van der Waals surface area contributed by atoms with Crippen molar-refractivity contribution < 1.29 is 18.7 Å². The number of carbonyl (C=O) groups excluding carboxylic acids is 2. The van der Waals surface area contributed by atoms with Crippen LogP contribution in [0.4, 0.5) is 4.39 Å². The molecule has 2 heterocycles. The zero-order valence-electron chi connectivity index (χ0n) is 11.1. The first kappa shape index (κ1) is 11.7. The average Bonchev–Trinajstić information content (AvgIpc) is 3.17. The van der Waals surface area contributed by atoms with Crippen LogP contribution in [0.2, 0.25) is 0 Å². The molecule has 0 unspecified atom stereocenters. The number of hydrogen-bond acceptors (Lipinski definition) is 3. The highest BCUT2D eigenvalue weighted by Gasteiger charge is 2.80. The molecule has 0 radical (unpaired) electrons. The van der Waals surface area contributed by atoms with Gasteiger partial charge in [-0.2, -0.15) is 0 Å². The number of alkyl halides is 1. The zero-order valence-corrected chi connectivity index (χ0v) is 11.1. The van der Waals surface area contributed by atoms with Crippen molar-refractivity contribution in [1.82, 2.24) is 4.90 Å². The predicted octanol–water partition coefficient (Wildman–Crippen LogP) is 1.43. The summed E-state index contributed by atoms with van der Waals surface area (Å²) in [6.07, 6.45) is 2.34. The number of hydrogen-bond donors (Lipinski definition) is 0. The van der Waals surface area contributed by atoms with Crippen LogP contribution in [0.25, 0.3) is 0 Å². The van der Waals surface area contributed by atoms with E-state index in [0.717, 1.165) is 12.8 Å². The van der Waals surface area contributed by atoms with Crippen LogP contribution in [0.3, 0.4) is 0 Å². The van der Waals surface area contributed by atoms with Gasteiger partial charge in [-0.1, -0.05) is 0 Å². The zero-order chi connectivity index (χ0) is 13.5. The number of amides is 1. The predicted molar refractivity (Wildman–Crippen MR) is 63.9 cm³/mol. The van der Waals surface area contributed by atoms with Crippen molar-refractivity contribution in [3.8, 4) is 0 Å². The van der Waals surface area contributed by atoms with Crippen molar-refractivity contribution in [2.24, 2.45) is 10.8 Å². The number of ether oxygens (including phenoxy) is 1. The van der Waals surface area contributed by atoms with Crippen LogP contribution in [0.5, 0.6) is 0 Å². The Bertz CT molecular complexity index is 489. The lowest BCUT2D eigenvalue weighted by Gasteiger charge is -2.34. The molecule has 4 fully saturated rings. The molecule has 5 heteroatoms. The molecule has 19 heavy (non-hydrogen) atoms. The van der Waals surface area contributed by atoms with Gasteiger partial charge in [-0.25, -0.2) is 9.18 Å². The molecule has 2 spiro atoms. The van der Waals surface area contributed by atoms with Gasteiger partial charge in [0, 0.05) is 23.8 Å². The molecule has 4 nitrogen and oxygen atoms in total. The van der Waals surface area contributed by atoms with Gasteiger partial charge in [0.05, 0.1) is 6.61 Å². The molecule has 1 amide bonds. The first-order valence-electron chi connectivity index (χ1n) is 7.12. The van der Waals surface area contributed by atoms with Crippen LogP contribution >= 0.6 is 0 Å². The van der Waals surface area contributed by atoms with E-state index in [9.17, 15) is 14.0 Å². The second kappa shape index (κ2) is 3.13. The summed E-state index contributed by atoms with van der Waals surface area (Å²) in [6, 6.07) is 0. The molecular formula is C14H18FNO3. The molecule has 4 rings (SSSR count). The second-order valence-corrected chi connectivity index (χ2v) is 6.73. The maximum Gasteiger partial charge on any atom is 0.332 e. The second-order valence-electron chi connectivity index (χ2n) is 6.73. The summed E-state index contributed by atoms with van der Waals surface area (Å²) in [6.45, 7) is 2.49. The molecule has 0 aromatic heterocycles. The lowest BCUT2D eigenvalue weighted by molar-refractivity contribution is -0.160. The Balaban J connectivity index is 1.78. The Kier molecular flexibility index (Phi) is 1.92. The van der Waals surface area contributed by atoms with Crippen molar-refractivity contribution in [3.05, 3.63) is 0 Å². The van der Waals surface area contributed by atoms with E-state index in [1.807, 2.05) is 0 Å². The molecular weight excluding hydrogens is 249 g/mol. The smallest absolute Gasteiger partial charge is 0.332 e. The highest BCUT2D eigenvalue weighted by atomic mass is 19.1. The molecule has 2 aliphatic carbocycles. The van der Waals surface area contributed by atoms with Gasteiger partial charge < -0.3 is 9.64 Å². The third kappa shape index (κ3) is 1.15. The van der Waals surface area contributed by atoms with Crippen molar-refractivity contribution in [2.75, 3.05) is 13.2 Å². The van der Waals surface area contributed by atoms with Gasteiger partial charge in [-0.05, 0) is 32.6 Å². The van der Waals surface area contributed by atoms with E-state index in [-0.39, 0.29) is 17.3 Å². The summed E-state index contributed by atoms with van der Waals surface area (Å²) in [5.41, 5.74) is -1.54. The van der Waals surface area contributed by atoms with E-state index in [1.54, 1.807) is 11.8 Å². The van der Waals surface area contributed by atoms with E-state index in [0.29, 0.717) is 32.4 Å². The number of esters is 1. The molecule has 2 saturated heterocycles. The van der Waals surface area contributed by atoms with Crippen LogP contribution in [0.1, 0.15) is 39.0 Å². The Morgan fingerprint density at radius 2 is 2.21 bits per heavy atom. The molecule has 0 aromatic carbocycles. The van der Waals surface area contributed by atoms with Crippen LogP contribution in [-0.2, 0) is 14.3 Å². The highest BCUT2D eigenvalue weighted by molar-refractivity contribution is 5.95. The van der Waals surface area contributed by atoms with Gasteiger partial charge in [0.1, 0.15) is 11.7 Å². The first-order valence-corrected chi connectivity index (χ1v) is 7.12. The monoisotopic (exact) mass is 267 g/mol. The van der Waals surface area contributed by atoms with Crippen molar-refractivity contribution in [1.29, 1.82) is 0 Å². The topological polar surface area (TPSA) is 46.6 Å². The van der Waals surface area contributed by atoms with Gasteiger partial charge in [-0.3, -0.25) is 4.79 Å². The maximum atomic E-state index is 13.7. The fourth-order valence-corrected chi connectivity index (χ4v) is 4.45. The van der Waals surface area contributed by atoms with Gasteiger partial charge in [0.25, 0.3) is 0 Å². The Morgan fingerprint density at radius 1 is 1.53 bits per heavy atom. The van der Waals surface area contributed by atoms with Crippen molar-refractivity contribution >= 4 is 11.9 Å². The highest BCUT2D eigenvalue weighted by Crippen LogP contribution is 2.73. The molecule has 2 aliphatic heterocycles.